The highest BCUT2D eigenvalue weighted by Gasteiger charge is 2.29. The van der Waals surface area contributed by atoms with Crippen molar-refractivity contribution in [3.8, 4) is 0 Å². The number of esters is 1. The monoisotopic (exact) mass is 405 g/mol. The first kappa shape index (κ1) is 18.9. The zero-order chi connectivity index (χ0) is 19.4. The first-order chi connectivity index (χ1) is 12.9. The number of thiophene rings is 1. The SMILES string of the molecule is NC(=O)c1ccsc1NC(=O)COC(=O)C[C@@H]1Sc2ccccc2NC1=O. The van der Waals surface area contributed by atoms with Gasteiger partial charge in [0.2, 0.25) is 5.91 Å². The average molecular weight is 405 g/mol. The van der Waals surface area contributed by atoms with Crippen LogP contribution in [0.4, 0.5) is 10.7 Å². The van der Waals surface area contributed by atoms with Crippen molar-refractivity contribution in [3.63, 3.8) is 0 Å². The summed E-state index contributed by atoms with van der Waals surface area (Å²) in [6.07, 6.45) is -0.163. The average Bonchev–Trinajstić information content (AvgIpc) is 3.09. The Labute approximate surface area is 162 Å². The fraction of sp³-hybridized carbons (Fsp3) is 0.176. The van der Waals surface area contributed by atoms with Gasteiger partial charge in [0.1, 0.15) is 5.00 Å². The second kappa shape index (κ2) is 8.23. The molecule has 1 aliphatic heterocycles. The molecular weight excluding hydrogens is 390 g/mol. The van der Waals surface area contributed by atoms with Gasteiger partial charge in [-0.2, -0.15) is 0 Å². The van der Waals surface area contributed by atoms with Crippen molar-refractivity contribution in [1.82, 2.24) is 0 Å². The molecule has 1 aromatic heterocycles. The zero-order valence-corrected chi connectivity index (χ0v) is 15.5. The number of hydrogen-bond donors (Lipinski definition) is 3. The third kappa shape index (κ3) is 4.66. The summed E-state index contributed by atoms with van der Waals surface area (Å²) in [7, 11) is 0. The number of hydrogen-bond acceptors (Lipinski definition) is 7. The van der Waals surface area contributed by atoms with Crippen molar-refractivity contribution >= 4 is 57.5 Å². The summed E-state index contributed by atoms with van der Waals surface area (Å²) >= 11 is 2.41. The normalized spacial score (nSPS) is 15.4. The first-order valence-corrected chi connectivity index (χ1v) is 9.59. The quantitative estimate of drug-likeness (QED) is 0.629. The molecule has 0 fully saturated rings. The van der Waals surface area contributed by atoms with E-state index in [2.05, 4.69) is 10.6 Å². The van der Waals surface area contributed by atoms with Gasteiger partial charge in [0, 0.05) is 4.90 Å². The predicted molar refractivity (Wildman–Crippen MR) is 102 cm³/mol. The molecule has 27 heavy (non-hydrogen) atoms. The minimum atomic E-state index is -0.668. The van der Waals surface area contributed by atoms with Crippen LogP contribution >= 0.6 is 23.1 Å². The molecule has 2 aromatic rings. The molecule has 4 N–H and O–H groups in total. The smallest absolute Gasteiger partial charge is 0.307 e. The number of carbonyl (C=O) groups excluding carboxylic acids is 4. The van der Waals surface area contributed by atoms with E-state index < -0.39 is 29.6 Å². The van der Waals surface area contributed by atoms with Crippen LogP contribution in [-0.2, 0) is 19.1 Å². The van der Waals surface area contributed by atoms with Gasteiger partial charge in [-0.05, 0) is 23.6 Å². The highest BCUT2D eigenvalue weighted by molar-refractivity contribution is 8.01. The second-order valence-electron chi connectivity index (χ2n) is 5.53. The number of nitrogens with one attached hydrogen (secondary N) is 2. The minimum absolute atomic E-state index is 0.163. The summed E-state index contributed by atoms with van der Waals surface area (Å²) < 4.78 is 4.94. The van der Waals surface area contributed by atoms with E-state index in [1.807, 2.05) is 18.2 Å². The Balaban J connectivity index is 1.50. The Morgan fingerprint density at radius 2 is 2.00 bits per heavy atom. The van der Waals surface area contributed by atoms with Crippen LogP contribution < -0.4 is 16.4 Å². The van der Waals surface area contributed by atoms with Gasteiger partial charge in [-0.15, -0.1) is 23.1 Å². The molecule has 3 amide bonds. The number of benzene rings is 1. The number of fused-ring (bicyclic) bond motifs is 1. The Bertz CT molecular complexity index is 911. The Kier molecular flexibility index (Phi) is 5.77. The summed E-state index contributed by atoms with van der Waals surface area (Å²) in [4.78, 5) is 48.0. The number of anilines is 2. The van der Waals surface area contributed by atoms with Gasteiger partial charge in [0.25, 0.3) is 11.8 Å². The summed E-state index contributed by atoms with van der Waals surface area (Å²) in [6, 6.07) is 8.77. The van der Waals surface area contributed by atoms with Crippen LogP contribution in [0.3, 0.4) is 0 Å². The van der Waals surface area contributed by atoms with E-state index in [1.165, 1.54) is 17.8 Å². The molecule has 0 unspecified atom stereocenters. The molecule has 0 spiro atoms. The van der Waals surface area contributed by atoms with Gasteiger partial charge in [-0.3, -0.25) is 19.2 Å². The summed E-state index contributed by atoms with van der Waals surface area (Å²) in [6.45, 7) is -0.523. The predicted octanol–water partition coefficient (Wildman–Crippen LogP) is 1.83. The van der Waals surface area contributed by atoms with Crippen LogP contribution in [0.25, 0.3) is 0 Å². The largest absolute Gasteiger partial charge is 0.456 e. The molecule has 1 aromatic carbocycles. The first-order valence-electron chi connectivity index (χ1n) is 7.83. The topological polar surface area (TPSA) is 128 Å². The van der Waals surface area contributed by atoms with Gasteiger partial charge in [-0.25, -0.2) is 0 Å². The van der Waals surface area contributed by atoms with Crippen molar-refractivity contribution in [2.45, 2.75) is 16.6 Å². The third-order valence-corrected chi connectivity index (χ3v) is 5.71. The highest BCUT2D eigenvalue weighted by atomic mass is 32.2. The van der Waals surface area contributed by atoms with Crippen molar-refractivity contribution in [1.29, 1.82) is 0 Å². The molecule has 140 valence electrons. The van der Waals surface area contributed by atoms with E-state index in [4.69, 9.17) is 10.5 Å². The Morgan fingerprint density at radius 1 is 1.22 bits per heavy atom. The van der Waals surface area contributed by atoms with Gasteiger partial charge >= 0.3 is 5.97 Å². The lowest BCUT2D eigenvalue weighted by molar-refractivity contribution is -0.147. The molecule has 3 rings (SSSR count). The minimum Gasteiger partial charge on any atom is -0.456 e. The van der Waals surface area contributed by atoms with E-state index in [-0.39, 0.29) is 17.9 Å². The van der Waals surface area contributed by atoms with Crippen molar-refractivity contribution in [2.24, 2.45) is 5.73 Å². The Hall–Kier alpha value is -2.85. The van der Waals surface area contributed by atoms with Gasteiger partial charge in [0.05, 0.1) is 22.9 Å². The summed E-state index contributed by atoms with van der Waals surface area (Å²) in [5.74, 6) is -2.22. The van der Waals surface area contributed by atoms with Crippen LogP contribution in [0.15, 0.2) is 40.6 Å². The highest BCUT2D eigenvalue weighted by Crippen LogP contribution is 2.36. The molecule has 8 nitrogen and oxygen atoms in total. The number of primary amides is 1. The number of ether oxygens (including phenoxy) is 1. The van der Waals surface area contributed by atoms with Crippen LogP contribution in [0.1, 0.15) is 16.8 Å². The molecule has 0 radical (unpaired) electrons. The fourth-order valence-corrected chi connectivity index (χ4v) is 4.25. The van der Waals surface area contributed by atoms with Crippen molar-refractivity contribution < 1.29 is 23.9 Å². The third-order valence-electron chi connectivity index (χ3n) is 3.61. The van der Waals surface area contributed by atoms with Crippen LogP contribution in [-0.4, -0.2) is 35.5 Å². The fourth-order valence-electron chi connectivity index (χ4n) is 2.35. The van der Waals surface area contributed by atoms with Crippen molar-refractivity contribution in [3.05, 3.63) is 41.3 Å². The maximum atomic E-state index is 12.1. The van der Waals surface area contributed by atoms with E-state index in [9.17, 15) is 19.2 Å². The molecular formula is C17H15N3O5S2. The molecule has 1 atom stereocenters. The standard InChI is InChI=1S/C17H15N3O5S2/c18-15(23)9-5-6-26-17(9)20-13(21)8-25-14(22)7-12-16(24)19-10-3-1-2-4-11(10)27-12/h1-6,12H,7-8H2,(H2,18,23)(H,19,24)(H,20,21)/t12-/m0/s1. The number of thioether (sulfide) groups is 1. The maximum absolute atomic E-state index is 12.1. The van der Waals surface area contributed by atoms with E-state index >= 15 is 0 Å². The molecule has 0 bridgehead atoms. The molecule has 0 aliphatic carbocycles. The molecule has 2 heterocycles. The van der Waals surface area contributed by atoms with Crippen molar-refractivity contribution in [2.75, 3.05) is 17.2 Å². The van der Waals surface area contributed by atoms with Gasteiger partial charge < -0.3 is 21.1 Å². The number of carbonyl (C=O) groups is 4. The summed E-state index contributed by atoms with van der Waals surface area (Å²) in [5, 5.41) is 6.48. The number of para-hydroxylation sites is 1. The zero-order valence-electron chi connectivity index (χ0n) is 13.9. The second-order valence-corrected chi connectivity index (χ2v) is 7.69. The summed E-state index contributed by atoms with van der Waals surface area (Å²) in [5.41, 5.74) is 6.09. The molecule has 1 aliphatic rings. The molecule has 10 heteroatoms. The van der Waals surface area contributed by atoms with Crippen LogP contribution in [0.5, 0.6) is 0 Å². The van der Waals surface area contributed by atoms with E-state index in [1.54, 1.807) is 11.4 Å². The number of nitrogens with two attached hydrogens (primary N) is 1. The lowest BCUT2D eigenvalue weighted by Crippen LogP contribution is -2.32. The van der Waals surface area contributed by atoms with Crippen LogP contribution in [0.2, 0.25) is 0 Å². The number of rotatable bonds is 6. The lowest BCUT2D eigenvalue weighted by atomic mass is 10.2. The molecule has 0 saturated heterocycles. The van der Waals surface area contributed by atoms with Gasteiger partial charge in [-0.1, -0.05) is 12.1 Å². The molecule has 0 saturated carbocycles. The van der Waals surface area contributed by atoms with E-state index in [0.717, 1.165) is 16.2 Å². The number of amides is 3. The Morgan fingerprint density at radius 3 is 2.78 bits per heavy atom. The lowest BCUT2D eigenvalue weighted by Gasteiger charge is -2.23. The van der Waals surface area contributed by atoms with E-state index in [0.29, 0.717) is 10.7 Å². The van der Waals surface area contributed by atoms with Gasteiger partial charge in [0.15, 0.2) is 6.61 Å². The maximum Gasteiger partial charge on any atom is 0.307 e. The van der Waals surface area contributed by atoms with Crippen LogP contribution in [0, 0.1) is 0 Å².